The summed E-state index contributed by atoms with van der Waals surface area (Å²) < 4.78 is 0. The Kier molecular flexibility index (Phi) is 4.50. The lowest BCUT2D eigenvalue weighted by Crippen LogP contribution is -2.62. The SMILES string of the molecule is CC1(C(=O)O)CCC2(C)CCC3(C)C4=CC(O)=C5C(=CC(=O)C(O)=C5O)C4(C)CCC3(C)C2C1. The molecule has 0 bridgehead atoms. The van der Waals surface area contributed by atoms with E-state index in [1.807, 2.05) is 6.92 Å². The topological polar surface area (TPSA) is 115 Å². The summed E-state index contributed by atoms with van der Waals surface area (Å²) in [7, 11) is 0. The predicted molar refractivity (Wildman–Crippen MR) is 127 cm³/mol. The number of ketones is 1. The Morgan fingerprint density at radius 2 is 1.53 bits per heavy atom. The summed E-state index contributed by atoms with van der Waals surface area (Å²) >= 11 is 0. The standard InChI is InChI=1S/C28H36O6/c1-24-6-7-25(2,23(33)34)14-19(24)28(5)11-9-26(3)15-12-17(30)21(31)22(32)20(15)16(29)13-18(26)27(28,4)10-8-24/h12-13,19,29,31-32H,6-11,14H2,1-5H3,(H,33,34). The van der Waals surface area contributed by atoms with Gasteiger partial charge in [0.15, 0.2) is 5.76 Å². The highest BCUT2D eigenvalue weighted by molar-refractivity contribution is 6.06. The molecule has 0 aromatic carbocycles. The zero-order chi connectivity index (χ0) is 25.1. The van der Waals surface area contributed by atoms with Crippen molar-refractivity contribution in [2.24, 2.45) is 33.0 Å². The largest absolute Gasteiger partial charge is 0.507 e. The van der Waals surface area contributed by atoms with Crippen LogP contribution < -0.4 is 0 Å². The number of hydrogen-bond donors (Lipinski definition) is 4. The van der Waals surface area contributed by atoms with E-state index in [1.165, 1.54) is 6.08 Å². The minimum absolute atomic E-state index is 0.0715. The van der Waals surface area contributed by atoms with E-state index in [0.717, 1.165) is 31.3 Å². The van der Waals surface area contributed by atoms with Crippen LogP contribution in [0.5, 0.6) is 0 Å². The number of hydrogen-bond acceptors (Lipinski definition) is 5. The number of carboxylic acids is 1. The van der Waals surface area contributed by atoms with Crippen LogP contribution in [0.3, 0.4) is 0 Å². The van der Waals surface area contributed by atoms with E-state index in [1.54, 1.807) is 6.08 Å². The van der Waals surface area contributed by atoms with Crippen LogP contribution in [-0.2, 0) is 9.59 Å². The molecule has 4 N–H and O–H groups in total. The number of carboxylic acid groups (broad SMARTS) is 1. The molecule has 0 aromatic heterocycles. The highest BCUT2D eigenvalue weighted by Crippen LogP contribution is 2.75. The average Bonchev–Trinajstić information content (AvgIpc) is 2.77. The van der Waals surface area contributed by atoms with Gasteiger partial charge in [-0.25, -0.2) is 0 Å². The van der Waals surface area contributed by atoms with Gasteiger partial charge in [-0.1, -0.05) is 27.7 Å². The highest BCUT2D eigenvalue weighted by atomic mass is 16.4. The fourth-order valence-electron chi connectivity index (χ4n) is 8.51. The summed E-state index contributed by atoms with van der Waals surface area (Å²) in [6.07, 6.45) is 8.82. The van der Waals surface area contributed by atoms with Crippen LogP contribution in [0.2, 0.25) is 0 Å². The number of allylic oxidation sites excluding steroid dienone is 4. The summed E-state index contributed by atoms with van der Waals surface area (Å²) in [6, 6.07) is 0. The second kappa shape index (κ2) is 6.58. The Morgan fingerprint density at radius 3 is 2.18 bits per heavy atom. The Morgan fingerprint density at radius 1 is 0.882 bits per heavy atom. The molecule has 5 rings (SSSR count). The van der Waals surface area contributed by atoms with E-state index in [9.17, 15) is 30.0 Å². The fourth-order valence-corrected chi connectivity index (χ4v) is 8.51. The molecule has 6 nitrogen and oxygen atoms in total. The molecule has 6 heteroatoms. The Balaban J connectivity index is 1.68. The van der Waals surface area contributed by atoms with Crippen LogP contribution in [-0.4, -0.2) is 32.2 Å². The van der Waals surface area contributed by atoms with E-state index in [4.69, 9.17) is 0 Å². The van der Waals surface area contributed by atoms with Crippen molar-refractivity contribution in [3.05, 3.63) is 46.1 Å². The molecule has 0 spiro atoms. The van der Waals surface area contributed by atoms with Gasteiger partial charge in [0.2, 0.25) is 11.5 Å². The number of carbonyl (C=O) groups excluding carboxylic acids is 1. The normalized spacial score (nSPS) is 46.0. The van der Waals surface area contributed by atoms with Gasteiger partial charge >= 0.3 is 5.97 Å². The van der Waals surface area contributed by atoms with E-state index in [2.05, 4.69) is 27.7 Å². The molecule has 3 saturated carbocycles. The van der Waals surface area contributed by atoms with Crippen molar-refractivity contribution < 1.29 is 30.0 Å². The van der Waals surface area contributed by atoms with Crippen LogP contribution in [0.15, 0.2) is 46.1 Å². The molecule has 184 valence electrons. The second-order valence-corrected chi connectivity index (χ2v) is 12.8. The lowest BCUT2D eigenvalue weighted by Gasteiger charge is -2.69. The molecule has 34 heavy (non-hydrogen) atoms. The molecule has 0 amide bonds. The second-order valence-electron chi connectivity index (χ2n) is 12.8. The Labute approximate surface area is 200 Å². The summed E-state index contributed by atoms with van der Waals surface area (Å²) in [6.45, 7) is 10.8. The lowest BCUT2D eigenvalue weighted by molar-refractivity contribution is -0.178. The quantitative estimate of drug-likeness (QED) is 0.371. The molecular weight excluding hydrogens is 432 g/mol. The van der Waals surface area contributed by atoms with Crippen molar-refractivity contribution in [3.63, 3.8) is 0 Å². The van der Waals surface area contributed by atoms with E-state index < -0.39 is 34.1 Å². The fraction of sp³-hybridized carbons (Fsp3) is 0.643. The molecule has 6 unspecified atom stereocenters. The van der Waals surface area contributed by atoms with Crippen LogP contribution >= 0.6 is 0 Å². The highest BCUT2D eigenvalue weighted by Gasteiger charge is 2.67. The van der Waals surface area contributed by atoms with Crippen LogP contribution in [0.25, 0.3) is 0 Å². The minimum atomic E-state index is -0.741. The average molecular weight is 469 g/mol. The molecule has 5 aliphatic rings. The van der Waals surface area contributed by atoms with Crippen LogP contribution in [0.1, 0.15) is 79.6 Å². The summed E-state index contributed by atoms with van der Waals surface area (Å²) in [5.74, 6) is -2.58. The van der Waals surface area contributed by atoms with Crippen LogP contribution in [0.4, 0.5) is 0 Å². The van der Waals surface area contributed by atoms with E-state index in [-0.39, 0.29) is 33.5 Å². The molecule has 0 aliphatic heterocycles. The number of aliphatic hydroxyl groups is 3. The number of carbonyl (C=O) groups is 2. The van der Waals surface area contributed by atoms with E-state index >= 15 is 0 Å². The summed E-state index contributed by atoms with van der Waals surface area (Å²) in [4.78, 5) is 24.7. The van der Waals surface area contributed by atoms with Gasteiger partial charge < -0.3 is 20.4 Å². The van der Waals surface area contributed by atoms with Gasteiger partial charge in [-0.2, -0.15) is 0 Å². The van der Waals surface area contributed by atoms with Crippen molar-refractivity contribution >= 4 is 11.8 Å². The molecule has 5 aliphatic carbocycles. The predicted octanol–water partition coefficient (Wildman–Crippen LogP) is 6.08. The number of fused-ring (bicyclic) bond motifs is 7. The number of aliphatic carboxylic acids is 1. The van der Waals surface area contributed by atoms with E-state index in [0.29, 0.717) is 24.8 Å². The van der Waals surface area contributed by atoms with Gasteiger partial charge in [-0.05, 0) is 97.3 Å². The van der Waals surface area contributed by atoms with Gasteiger partial charge in [-0.15, -0.1) is 0 Å². The monoisotopic (exact) mass is 468 g/mol. The molecule has 0 saturated heterocycles. The zero-order valence-electron chi connectivity index (χ0n) is 20.8. The van der Waals surface area contributed by atoms with Crippen molar-refractivity contribution in [2.45, 2.75) is 79.6 Å². The third-order valence-corrected chi connectivity index (χ3v) is 11.2. The zero-order valence-corrected chi connectivity index (χ0v) is 20.8. The molecule has 0 radical (unpaired) electrons. The number of aliphatic hydroxyl groups excluding tert-OH is 3. The lowest BCUT2D eigenvalue weighted by atomic mass is 9.34. The maximum Gasteiger partial charge on any atom is 0.309 e. The smallest absolute Gasteiger partial charge is 0.309 e. The van der Waals surface area contributed by atoms with Gasteiger partial charge in [0, 0.05) is 5.41 Å². The summed E-state index contributed by atoms with van der Waals surface area (Å²) in [5.41, 5.74) is 0.0247. The maximum absolute atomic E-state index is 12.5. The van der Waals surface area contributed by atoms with Gasteiger partial charge in [0.25, 0.3) is 0 Å². The minimum Gasteiger partial charge on any atom is -0.507 e. The first-order valence-corrected chi connectivity index (χ1v) is 12.4. The molecule has 0 heterocycles. The Bertz CT molecular complexity index is 1160. The summed E-state index contributed by atoms with van der Waals surface area (Å²) in [5, 5.41) is 41.6. The van der Waals surface area contributed by atoms with Gasteiger partial charge in [0.1, 0.15) is 5.76 Å². The van der Waals surface area contributed by atoms with Crippen molar-refractivity contribution in [1.29, 1.82) is 0 Å². The third kappa shape index (κ3) is 2.57. The first kappa shape index (κ1) is 23.3. The first-order valence-electron chi connectivity index (χ1n) is 12.4. The van der Waals surface area contributed by atoms with Crippen molar-refractivity contribution in [1.82, 2.24) is 0 Å². The van der Waals surface area contributed by atoms with Crippen molar-refractivity contribution in [3.8, 4) is 0 Å². The van der Waals surface area contributed by atoms with Crippen LogP contribution in [0, 0.1) is 33.0 Å². The maximum atomic E-state index is 12.5. The molecular formula is C28H36O6. The van der Waals surface area contributed by atoms with Gasteiger partial charge in [0.05, 0.1) is 11.0 Å². The Hall–Kier alpha value is -2.50. The van der Waals surface area contributed by atoms with Gasteiger partial charge in [-0.3, -0.25) is 9.59 Å². The third-order valence-electron chi connectivity index (χ3n) is 11.2. The first-order chi connectivity index (χ1) is 15.6. The van der Waals surface area contributed by atoms with Crippen molar-refractivity contribution in [2.75, 3.05) is 0 Å². The molecule has 6 atom stereocenters. The molecule has 0 aromatic rings. The molecule has 3 fully saturated rings. The number of rotatable bonds is 1.